The van der Waals surface area contributed by atoms with E-state index >= 15 is 0 Å². The average Bonchev–Trinajstić information content (AvgIpc) is 3.02. The number of rotatable bonds is 6. The molecular weight excluding hydrogens is 380 g/mol. The molecule has 1 fully saturated rings. The van der Waals surface area contributed by atoms with Gasteiger partial charge in [-0.3, -0.25) is 4.79 Å². The Labute approximate surface area is 167 Å². The van der Waals surface area contributed by atoms with Crippen molar-refractivity contribution in [3.63, 3.8) is 0 Å². The summed E-state index contributed by atoms with van der Waals surface area (Å²) in [5.41, 5.74) is 0.532. The lowest BCUT2D eigenvalue weighted by atomic mass is 10.1. The Balaban J connectivity index is 1.78. The SMILES string of the molecule is CC(=O)OC[C@H]1O[C@H](O)[C@@H](OC(=O)c2ccccc2)[C@@H]1OC(=O)c1ccccc1. The minimum Gasteiger partial charge on any atom is -0.463 e. The van der Waals surface area contributed by atoms with Crippen molar-refractivity contribution in [2.45, 2.75) is 31.5 Å². The van der Waals surface area contributed by atoms with E-state index < -0.39 is 42.5 Å². The summed E-state index contributed by atoms with van der Waals surface area (Å²) < 4.78 is 21.1. The fourth-order valence-corrected chi connectivity index (χ4v) is 2.84. The fourth-order valence-electron chi connectivity index (χ4n) is 2.84. The number of hydrogen-bond acceptors (Lipinski definition) is 8. The summed E-state index contributed by atoms with van der Waals surface area (Å²) in [7, 11) is 0. The molecule has 29 heavy (non-hydrogen) atoms. The number of esters is 3. The van der Waals surface area contributed by atoms with Crippen molar-refractivity contribution >= 4 is 17.9 Å². The summed E-state index contributed by atoms with van der Waals surface area (Å²) in [5, 5.41) is 10.2. The maximum Gasteiger partial charge on any atom is 0.338 e. The van der Waals surface area contributed by atoms with Crippen molar-refractivity contribution in [3.8, 4) is 0 Å². The molecule has 0 saturated carbocycles. The van der Waals surface area contributed by atoms with Crippen LogP contribution in [-0.4, -0.2) is 54.2 Å². The van der Waals surface area contributed by atoms with Crippen LogP contribution in [0.4, 0.5) is 0 Å². The van der Waals surface area contributed by atoms with Gasteiger partial charge in [-0.1, -0.05) is 36.4 Å². The molecule has 8 nitrogen and oxygen atoms in total. The highest BCUT2D eigenvalue weighted by molar-refractivity contribution is 5.90. The largest absolute Gasteiger partial charge is 0.463 e. The molecule has 0 unspecified atom stereocenters. The molecule has 0 spiro atoms. The zero-order valence-electron chi connectivity index (χ0n) is 15.6. The molecule has 2 aromatic rings. The van der Waals surface area contributed by atoms with E-state index in [0.717, 1.165) is 0 Å². The molecular formula is C21H20O8. The summed E-state index contributed by atoms with van der Waals surface area (Å²) in [4.78, 5) is 36.0. The number of ether oxygens (including phenoxy) is 4. The minimum absolute atomic E-state index is 0.260. The monoisotopic (exact) mass is 400 g/mol. The fraction of sp³-hybridized carbons (Fsp3) is 0.286. The number of benzene rings is 2. The van der Waals surface area contributed by atoms with Crippen LogP contribution in [0.1, 0.15) is 27.6 Å². The first-order valence-electron chi connectivity index (χ1n) is 8.94. The van der Waals surface area contributed by atoms with Crippen molar-refractivity contribution in [1.29, 1.82) is 0 Å². The molecule has 0 bridgehead atoms. The van der Waals surface area contributed by atoms with E-state index in [0.29, 0.717) is 0 Å². The maximum atomic E-state index is 12.5. The lowest BCUT2D eigenvalue weighted by Gasteiger charge is -2.23. The Kier molecular flexibility index (Phi) is 6.58. The van der Waals surface area contributed by atoms with Gasteiger partial charge >= 0.3 is 17.9 Å². The Morgan fingerprint density at radius 2 is 1.34 bits per heavy atom. The van der Waals surface area contributed by atoms with Crippen LogP contribution < -0.4 is 0 Å². The topological polar surface area (TPSA) is 108 Å². The summed E-state index contributed by atoms with van der Waals surface area (Å²) in [6, 6.07) is 16.3. The van der Waals surface area contributed by atoms with E-state index in [1.54, 1.807) is 60.7 Å². The molecule has 4 atom stereocenters. The van der Waals surface area contributed by atoms with E-state index in [-0.39, 0.29) is 17.7 Å². The molecule has 0 aliphatic carbocycles. The Morgan fingerprint density at radius 1 is 0.862 bits per heavy atom. The first kappa shape index (κ1) is 20.5. The third-order valence-corrected chi connectivity index (χ3v) is 4.24. The summed E-state index contributed by atoms with van der Waals surface area (Å²) in [6.07, 6.45) is -5.03. The Bertz CT molecular complexity index is 851. The molecule has 0 radical (unpaired) electrons. The molecule has 1 aliphatic rings. The van der Waals surface area contributed by atoms with Crippen molar-refractivity contribution in [1.82, 2.24) is 0 Å². The number of carbonyl (C=O) groups excluding carboxylic acids is 3. The third-order valence-electron chi connectivity index (χ3n) is 4.24. The zero-order chi connectivity index (χ0) is 20.8. The Hall–Kier alpha value is -3.23. The minimum atomic E-state index is -1.56. The smallest absolute Gasteiger partial charge is 0.338 e. The van der Waals surface area contributed by atoms with Crippen LogP contribution in [0.5, 0.6) is 0 Å². The summed E-state index contributed by atoms with van der Waals surface area (Å²) in [6.45, 7) is 0.932. The van der Waals surface area contributed by atoms with Gasteiger partial charge in [0.1, 0.15) is 12.7 Å². The highest BCUT2D eigenvalue weighted by Crippen LogP contribution is 2.27. The third kappa shape index (κ3) is 5.18. The van der Waals surface area contributed by atoms with Crippen molar-refractivity contribution in [2.75, 3.05) is 6.61 Å². The van der Waals surface area contributed by atoms with E-state index in [2.05, 4.69) is 0 Å². The lowest BCUT2D eigenvalue weighted by molar-refractivity contribution is -0.155. The van der Waals surface area contributed by atoms with Crippen LogP contribution >= 0.6 is 0 Å². The second-order valence-corrected chi connectivity index (χ2v) is 6.34. The molecule has 2 aromatic carbocycles. The first-order chi connectivity index (χ1) is 14.0. The maximum absolute atomic E-state index is 12.5. The highest BCUT2D eigenvalue weighted by Gasteiger charge is 2.49. The number of aliphatic hydroxyl groups excluding tert-OH is 1. The predicted molar refractivity (Wildman–Crippen MR) is 98.8 cm³/mol. The molecule has 152 valence electrons. The van der Waals surface area contributed by atoms with Crippen molar-refractivity contribution in [3.05, 3.63) is 71.8 Å². The average molecular weight is 400 g/mol. The van der Waals surface area contributed by atoms with Gasteiger partial charge < -0.3 is 24.1 Å². The van der Waals surface area contributed by atoms with Gasteiger partial charge in [-0.25, -0.2) is 9.59 Å². The van der Waals surface area contributed by atoms with E-state index in [1.807, 2.05) is 0 Å². The molecule has 3 rings (SSSR count). The lowest BCUT2D eigenvalue weighted by Crippen LogP contribution is -2.41. The highest BCUT2D eigenvalue weighted by atomic mass is 16.7. The van der Waals surface area contributed by atoms with Gasteiger partial charge in [0.05, 0.1) is 11.1 Å². The summed E-state index contributed by atoms with van der Waals surface area (Å²) in [5.74, 6) is -1.98. The molecule has 1 heterocycles. The molecule has 0 aromatic heterocycles. The normalized spacial score (nSPS) is 23.2. The molecule has 8 heteroatoms. The molecule has 1 saturated heterocycles. The second-order valence-electron chi connectivity index (χ2n) is 6.34. The molecule has 0 amide bonds. The second kappa shape index (κ2) is 9.31. The van der Waals surface area contributed by atoms with Crippen LogP contribution in [0.25, 0.3) is 0 Å². The quantitative estimate of drug-likeness (QED) is 0.577. The first-order valence-corrected chi connectivity index (χ1v) is 8.94. The van der Waals surface area contributed by atoms with E-state index in [9.17, 15) is 19.5 Å². The van der Waals surface area contributed by atoms with Crippen LogP contribution in [0.2, 0.25) is 0 Å². The molecule has 1 aliphatic heterocycles. The van der Waals surface area contributed by atoms with Crippen molar-refractivity contribution in [2.24, 2.45) is 0 Å². The Morgan fingerprint density at radius 3 is 1.83 bits per heavy atom. The van der Waals surface area contributed by atoms with Gasteiger partial charge in [-0.05, 0) is 24.3 Å². The number of aliphatic hydroxyl groups is 1. The van der Waals surface area contributed by atoms with Crippen LogP contribution in [-0.2, 0) is 23.7 Å². The van der Waals surface area contributed by atoms with Gasteiger partial charge in [0, 0.05) is 6.92 Å². The van der Waals surface area contributed by atoms with Gasteiger partial charge in [0.25, 0.3) is 0 Å². The summed E-state index contributed by atoms with van der Waals surface area (Å²) >= 11 is 0. The van der Waals surface area contributed by atoms with Crippen LogP contribution in [0.15, 0.2) is 60.7 Å². The predicted octanol–water partition coefficient (Wildman–Crippen LogP) is 1.72. The van der Waals surface area contributed by atoms with Crippen LogP contribution in [0.3, 0.4) is 0 Å². The van der Waals surface area contributed by atoms with Gasteiger partial charge in [-0.15, -0.1) is 0 Å². The van der Waals surface area contributed by atoms with Gasteiger partial charge in [-0.2, -0.15) is 0 Å². The molecule has 1 N–H and O–H groups in total. The zero-order valence-corrected chi connectivity index (χ0v) is 15.6. The standard InChI is InChI=1S/C21H20O8/c1-13(22)26-12-16-17(28-19(23)14-8-4-2-5-9-14)18(21(25)27-16)29-20(24)15-10-6-3-7-11-15/h2-11,16-18,21,25H,12H2,1H3/t16-,17-,18+,21+/m1/s1. The van der Waals surface area contributed by atoms with Gasteiger partial charge in [0.2, 0.25) is 0 Å². The number of carbonyl (C=O) groups is 3. The van der Waals surface area contributed by atoms with Crippen molar-refractivity contribution < 1.29 is 38.4 Å². The van der Waals surface area contributed by atoms with Crippen LogP contribution in [0, 0.1) is 0 Å². The van der Waals surface area contributed by atoms with Gasteiger partial charge in [0.15, 0.2) is 18.5 Å². The number of hydrogen-bond donors (Lipinski definition) is 1. The van der Waals surface area contributed by atoms with E-state index in [4.69, 9.17) is 18.9 Å². The van der Waals surface area contributed by atoms with E-state index in [1.165, 1.54) is 6.92 Å².